The highest BCUT2D eigenvalue weighted by atomic mass is 32.2. The van der Waals surface area contributed by atoms with Crippen LogP contribution >= 0.6 is 23.1 Å². The number of halogens is 2. The zero-order chi connectivity index (χ0) is 18.8. The molecule has 0 atom stereocenters. The van der Waals surface area contributed by atoms with Crippen LogP contribution in [0.3, 0.4) is 0 Å². The van der Waals surface area contributed by atoms with Crippen LogP contribution < -0.4 is 5.84 Å². The number of nitrogen functional groups attached to an aromatic ring is 1. The Labute approximate surface area is 161 Å². The van der Waals surface area contributed by atoms with Crippen LogP contribution in [0.25, 0.3) is 22.0 Å². The van der Waals surface area contributed by atoms with E-state index in [1.54, 1.807) is 30.3 Å². The van der Waals surface area contributed by atoms with Crippen molar-refractivity contribution in [3.8, 4) is 22.0 Å². The third-order valence-electron chi connectivity index (χ3n) is 3.77. The van der Waals surface area contributed by atoms with E-state index in [1.165, 1.54) is 46.0 Å². The van der Waals surface area contributed by atoms with Gasteiger partial charge in [-0.2, -0.15) is 0 Å². The van der Waals surface area contributed by atoms with Crippen molar-refractivity contribution in [2.45, 2.75) is 10.9 Å². The molecule has 2 N–H and O–H groups in total. The molecule has 4 aromatic rings. The molecule has 0 amide bonds. The van der Waals surface area contributed by atoms with Gasteiger partial charge in [-0.15, -0.1) is 21.5 Å². The molecule has 0 saturated heterocycles. The Hall–Kier alpha value is -2.78. The van der Waals surface area contributed by atoms with E-state index in [4.69, 9.17) is 5.84 Å². The SMILES string of the molecule is Nn1c(SCc2csc(-c3ccc(F)cc3)n2)nnc1-c1ccccc1F. The summed E-state index contributed by atoms with van der Waals surface area (Å²) >= 11 is 2.84. The molecule has 0 radical (unpaired) electrons. The van der Waals surface area contributed by atoms with Crippen molar-refractivity contribution in [2.24, 2.45) is 0 Å². The molecule has 4 rings (SSSR count). The Kier molecular flexibility index (Phi) is 4.87. The molecule has 9 heteroatoms. The smallest absolute Gasteiger partial charge is 0.210 e. The van der Waals surface area contributed by atoms with E-state index < -0.39 is 5.82 Å². The third kappa shape index (κ3) is 3.69. The molecule has 0 bridgehead atoms. The lowest BCUT2D eigenvalue weighted by Crippen LogP contribution is -2.12. The summed E-state index contributed by atoms with van der Waals surface area (Å²) in [5.74, 6) is 6.14. The largest absolute Gasteiger partial charge is 0.335 e. The average molecular weight is 401 g/mol. The average Bonchev–Trinajstić information content (AvgIpc) is 3.28. The fourth-order valence-electron chi connectivity index (χ4n) is 2.44. The quantitative estimate of drug-likeness (QED) is 0.398. The van der Waals surface area contributed by atoms with Gasteiger partial charge in [0.1, 0.15) is 16.6 Å². The first-order chi connectivity index (χ1) is 13.1. The van der Waals surface area contributed by atoms with Gasteiger partial charge < -0.3 is 5.84 Å². The van der Waals surface area contributed by atoms with Crippen molar-refractivity contribution in [1.82, 2.24) is 19.9 Å². The number of aromatic nitrogens is 4. The fraction of sp³-hybridized carbons (Fsp3) is 0.0556. The predicted octanol–water partition coefficient (Wildman–Crippen LogP) is 4.35. The lowest BCUT2D eigenvalue weighted by molar-refractivity contribution is 0.628. The number of rotatable bonds is 5. The summed E-state index contributed by atoms with van der Waals surface area (Å²) in [6, 6.07) is 12.5. The van der Waals surface area contributed by atoms with Crippen molar-refractivity contribution in [3.05, 3.63) is 71.2 Å². The second kappa shape index (κ2) is 7.45. The second-order valence-electron chi connectivity index (χ2n) is 5.60. The number of benzene rings is 2. The van der Waals surface area contributed by atoms with Gasteiger partial charge in [0.05, 0.1) is 11.3 Å². The van der Waals surface area contributed by atoms with Crippen LogP contribution in [0, 0.1) is 11.6 Å². The molecule has 5 nitrogen and oxygen atoms in total. The minimum absolute atomic E-state index is 0.265. The van der Waals surface area contributed by atoms with E-state index >= 15 is 0 Å². The monoisotopic (exact) mass is 401 g/mol. The summed E-state index contributed by atoms with van der Waals surface area (Å²) in [6.07, 6.45) is 0. The van der Waals surface area contributed by atoms with Crippen molar-refractivity contribution < 1.29 is 8.78 Å². The van der Waals surface area contributed by atoms with E-state index in [0.717, 1.165) is 16.3 Å². The number of thiazole rings is 1. The molecule has 0 aliphatic rings. The summed E-state index contributed by atoms with van der Waals surface area (Å²) in [7, 11) is 0. The highest BCUT2D eigenvalue weighted by molar-refractivity contribution is 7.98. The number of nitrogens with two attached hydrogens (primary N) is 1. The first-order valence-electron chi connectivity index (χ1n) is 7.90. The highest BCUT2D eigenvalue weighted by Crippen LogP contribution is 2.29. The number of hydrogen-bond acceptors (Lipinski definition) is 6. The van der Waals surface area contributed by atoms with Gasteiger partial charge in [-0.3, -0.25) is 0 Å². The van der Waals surface area contributed by atoms with Crippen LogP contribution in [0.2, 0.25) is 0 Å². The molecular formula is C18H13F2N5S2. The highest BCUT2D eigenvalue weighted by Gasteiger charge is 2.16. The zero-order valence-electron chi connectivity index (χ0n) is 13.8. The van der Waals surface area contributed by atoms with Crippen LogP contribution in [-0.4, -0.2) is 19.9 Å². The predicted molar refractivity (Wildman–Crippen MR) is 103 cm³/mol. The van der Waals surface area contributed by atoms with Crippen LogP contribution in [0.5, 0.6) is 0 Å². The summed E-state index contributed by atoms with van der Waals surface area (Å²) in [5, 5.41) is 11.2. The van der Waals surface area contributed by atoms with Crippen LogP contribution in [0.1, 0.15) is 5.69 Å². The molecular weight excluding hydrogens is 388 g/mol. The van der Waals surface area contributed by atoms with E-state index in [2.05, 4.69) is 15.2 Å². The van der Waals surface area contributed by atoms with E-state index in [-0.39, 0.29) is 11.6 Å². The molecule has 0 unspecified atom stereocenters. The molecule has 2 aromatic carbocycles. The summed E-state index contributed by atoms with van der Waals surface area (Å²) < 4.78 is 28.2. The molecule has 0 saturated carbocycles. The maximum atomic E-state index is 13.9. The van der Waals surface area contributed by atoms with Gasteiger partial charge in [-0.1, -0.05) is 23.9 Å². The number of thioether (sulfide) groups is 1. The van der Waals surface area contributed by atoms with Crippen molar-refractivity contribution in [3.63, 3.8) is 0 Å². The lowest BCUT2D eigenvalue weighted by Gasteiger charge is -2.03. The first kappa shape index (κ1) is 17.6. The summed E-state index contributed by atoms with van der Waals surface area (Å²) in [6.45, 7) is 0. The first-order valence-corrected chi connectivity index (χ1v) is 9.77. The van der Waals surface area contributed by atoms with Crippen LogP contribution in [-0.2, 0) is 5.75 Å². The molecule has 27 heavy (non-hydrogen) atoms. The minimum atomic E-state index is -0.406. The van der Waals surface area contributed by atoms with Crippen molar-refractivity contribution >= 4 is 23.1 Å². The molecule has 0 aliphatic heterocycles. The van der Waals surface area contributed by atoms with E-state index in [0.29, 0.717) is 16.5 Å². The second-order valence-corrected chi connectivity index (χ2v) is 7.40. The van der Waals surface area contributed by atoms with Gasteiger partial charge in [0.25, 0.3) is 0 Å². The lowest BCUT2D eigenvalue weighted by atomic mass is 10.2. The van der Waals surface area contributed by atoms with Gasteiger partial charge in [-0.25, -0.2) is 18.4 Å². The van der Waals surface area contributed by atoms with E-state index in [9.17, 15) is 8.78 Å². The summed E-state index contributed by atoms with van der Waals surface area (Å²) in [4.78, 5) is 4.55. The van der Waals surface area contributed by atoms with Gasteiger partial charge in [-0.05, 0) is 36.4 Å². The third-order valence-corrected chi connectivity index (χ3v) is 5.69. The number of hydrogen-bond donors (Lipinski definition) is 1. The van der Waals surface area contributed by atoms with Gasteiger partial charge in [0.15, 0.2) is 5.82 Å². The minimum Gasteiger partial charge on any atom is -0.335 e. The number of nitrogens with zero attached hydrogens (tertiary/aromatic N) is 4. The van der Waals surface area contributed by atoms with E-state index in [1.807, 2.05) is 5.38 Å². The Bertz CT molecular complexity index is 1080. The molecule has 0 spiro atoms. The Balaban J connectivity index is 1.49. The standard InChI is InChI=1S/C18H13F2N5S2/c19-12-7-5-11(6-8-12)17-22-13(9-26-17)10-27-18-24-23-16(25(18)21)14-3-1-2-4-15(14)20/h1-9H,10,21H2. The van der Waals surface area contributed by atoms with Crippen molar-refractivity contribution in [1.29, 1.82) is 0 Å². The van der Waals surface area contributed by atoms with Crippen molar-refractivity contribution in [2.75, 3.05) is 5.84 Å². The Morgan fingerprint density at radius 3 is 2.59 bits per heavy atom. The summed E-state index contributed by atoms with van der Waals surface area (Å²) in [5.41, 5.74) is 2.01. The van der Waals surface area contributed by atoms with Crippen LogP contribution in [0.4, 0.5) is 8.78 Å². The fourth-order valence-corrected chi connectivity index (χ4v) is 4.12. The van der Waals surface area contributed by atoms with Gasteiger partial charge in [0.2, 0.25) is 5.16 Å². The zero-order valence-corrected chi connectivity index (χ0v) is 15.5. The Morgan fingerprint density at radius 1 is 1.04 bits per heavy atom. The molecule has 2 heterocycles. The van der Waals surface area contributed by atoms with Gasteiger partial charge >= 0.3 is 0 Å². The Morgan fingerprint density at radius 2 is 1.81 bits per heavy atom. The van der Waals surface area contributed by atoms with Gasteiger partial charge in [0, 0.05) is 16.7 Å². The topological polar surface area (TPSA) is 69.6 Å². The maximum absolute atomic E-state index is 13.9. The molecule has 0 aliphatic carbocycles. The molecule has 136 valence electrons. The molecule has 0 fully saturated rings. The van der Waals surface area contributed by atoms with Crippen LogP contribution in [0.15, 0.2) is 59.1 Å². The maximum Gasteiger partial charge on any atom is 0.210 e. The normalized spacial score (nSPS) is 11.0. The molecule has 2 aromatic heterocycles.